The number of amides is 3. The molecule has 0 saturated heterocycles. The minimum Gasteiger partial charge on any atom is -0.443 e. The van der Waals surface area contributed by atoms with Gasteiger partial charge in [-0.1, -0.05) is 47.6 Å². The molecule has 3 amide bonds. The summed E-state index contributed by atoms with van der Waals surface area (Å²) in [4.78, 5) is 46.6. The zero-order valence-electron chi connectivity index (χ0n) is 21.2. The summed E-state index contributed by atoms with van der Waals surface area (Å²) in [6.45, 7) is 5.07. The molecule has 3 aromatic rings. The van der Waals surface area contributed by atoms with Crippen molar-refractivity contribution >= 4 is 29.5 Å². The van der Waals surface area contributed by atoms with Crippen molar-refractivity contribution in [2.24, 2.45) is 5.16 Å². The minimum atomic E-state index is -0.951. The van der Waals surface area contributed by atoms with Crippen LogP contribution in [-0.4, -0.2) is 40.5 Å². The summed E-state index contributed by atoms with van der Waals surface area (Å²) in [6.07, 6.45) is 0.227. The largest absolute Gasteiger partial charge is 0.443 e. The molecule has 10 nitrogen and oxygen atoms in total. The highest BCUT2D eigenvalue weighted by Crippen LogP contribution is 2.28. The Kier molecular flexibility index (Phi) is 8.00. The van der Waals surface area contributed by atoms with E-state index in [9.17, 15) is 14.4 Å². The summed E-state index contributed by atoms with van der Waals surface area (Å²) >= 11 is 0. The number of aromatic nitrogens is 1. The van der Waals surface area contributed by atoms with Crippen LogP contribution in [0, 0.1) is 0 Å². The zero-order valence-corrected chi connectivity index (χ0v) is 21.2. The van der Waals surface area contributed by atoms with Crippen molar-refractivity contribution < 1.29 is 28.7 Å². The molecule has 0 bridgehead atoms. The fraction of sp³-hybridized carbons (Fsp3) is 0.250. The lowest BCUT2D eigenvalue weighted by Crippen LogP contribution is -2.37. The number of rotatable bonds is 6. The van der Waals surface area contributed by atoms with Crippen LogP contribution in [0.2, 0.25) is 0 Å². The number of ether oxygens (including phenoxy) is 2. The van der Waals surface area contributed by atoms with Crippen LogP contribution >= 0.6 is 0 Å². The summed E-state index contributed by atoms with van der Waals surface area (Å²) in [5.41, 5.74) is 2.55. The van der Waals surface area contributed by atoms with Gasteiger partial charge in [0.2, 0.25) is 6.10 Å². The van der Waals surface area contributed by atoms with Crippen LogP contribution in [0.15, 0.2) is 84.3 Å². The number of pyridine rings is 1. The molecular weight excluding hydrogens is 488 g/mol. The van der Waals surface area contributed by atoms with E-state index in [1.54, 1.807) is 75.6 Å². The monoisotopic (exact) mass is 516 g/mol. The van der Waals surface area contributed by atoms with E-state index in [0.29, 0.717) is 28.9 Å². The van der Waals surface area contributed by atoms with Crippen LogP contribution in [0.25, 0.3) is 0 Å². The van der Waals surface area contributed by atoms with Gasteiger partial charge in [-0.2, -0.15) is 0 Å². The first kappa shape index (κ1) is 26.3. The molecule has 0 radical (unpaired) electrons. The number of nitrogens with one attached hydrogen (secondary N) is 2. The standard InChI is InChI=1S/C28H28N4O6/c1-28(2,3)37-27(35)31-26(34)36-24(18-8-5-4-6-9-18)19-11-13-21(14-12-19)30-25(33)23-16-22(32-38-23)20-10-7-15-29-17-20/h4-15,17,23-24H,16H2,1-3H3,(H,30,33)(H,31,34,35)/t23-,24?/m0/s1. The maximum atomic E-state index is 12.7. The lowest BCUT2D eigenvalue weighted by Gasteiger charge is -2.21. The molecule has 2 heterocycles. The molecule has 196 valence electrons. The van der Waals surface area contributed by atoms with Gasteiger partial charge < -0.3 is 19.6 Å². The van der Waals surface area contributed by atoms with Gasteiger partial charge in [0.05, 0.1) is 5.71 Å². The first-order chi connectivity index (χ1) is 18.2. The Morgan fingerprint density at radius 3 is 2.32 bits per heavy atom. The Morgan fingerprint density at radius 1 is 0.947 bits per heavy atom. The van der Waals surface area contributed by atoms with Crippen LogP contribution in [0.5, 0.6) is 0 Å². The van der Waals surface area contributed by atoms with Gasteiger partial charge in [-0.15, -0.1) is 0 Å². The summed E-state index contributed by atoms with van der Waals surface area (Å²) in [7, 11) is 0. The third kappa shape index (κ3) is 7.16. The third-order valence-electron chi connectivity index (χ3n) is 5.37. The second-order valence-electron chi connectivity index (χ2n) is 9.51. The average molecular weight is 517 g/mol. The third-order valence-corrected chi connectivity index (χ3v) is 5.37. The van der Waals surface area contributed by atoms with Gasteiger partial charge >= 0.3 is 12.2 Å². The van der Waals surface area contributed by atoms with Crippen LogP contribution in [0.1, 0.15) is 50.0 Å². The van der Waals surface area contributed by atoms with E-state index in [-0.39, 0.29) is 5.91 Å². The van der Waals surface area contributed by atoms with Gasteiger partial charge in [-0.25, -0.2) is 14.9 Å². The normalized spacial score (nSPS) is 15.4. The average Bonchev–Trinajstić information content (AvgIpc) is 3.38. The van der Waals surface area contributed by atoms with Crippen LogP contribution in [-0.2, 0) is 19.1 Å². The van der Waals surface area contributed by atoms with Crippen molar-refractivity contribution in [2.75, 3.05) is 5.32 Å². The topological polar surface area (TPSA) is 128 Å². The fourth-order valence-electron chi connectivity index (χ4n) is 3.67. The molecule has 0 fully saturated rings. The summed E-state index contributed by atoms with van der Waals surface area (Å²) in [5, 5.41) is 8.92. The van der Waals surface area contributed by atoms with Crippen molar-refractivity contribution in [1.29, 1.82) is 0 Å². The Balaban J connectivity index is 1.40. The molecule has 1 unspecified atom stereocenters. The first-order valence-electron chi connectivity index (χ1n) is 12.0. The smallest absolute Gasteiger partial charge is 0.417 e. The van der Waals surface area contributed by atoms with Gasteiger partial charge in [-0.3, -0.25) is 9.78 Å². The molecule has 2 N–H and O–H groups in total. The van der Waals surface area contributed by atoms with Crippen LogP contribution in [0.4, 0.5) is 15.3 Å². The number of carbonyl (C=O) groups excluding carboxylic acids is 3. The Morgan fingerprint density at radius 2 is 1.66 bits per heavy atom. The Labute approximate surface area is 220 Å². The predicted octanol–water partition coefficient (Wildman–Crippen LogP) is 4.96. The summed E-state index contributed by atoms with van der Waals surface area (Å²) < 4.78 is 10.7. The summed E-state index contributed by atoms with van der Waals surface area (Å²) in [6, 6.07) is 19.6. The van der Waals surface area contributed by atoms with Gasteiger partial charge in [0, 0.05) is 30.1 Å². The second kappa shape index (κ2) is 11.5. The molecular formula is C28H28N4O6. The van der Waals surface area contributed by atoms with Gasteiger partial charge in [0.1, 0.15) is 5.60 Å². The lowest BCUT2D eigenvalue weighted by molar-refractivity contribution is -0.125. The van der Waals surface area contributed by atoms with Gasteiger partial charge in [0.15, 0.2) is 6.10 Å². The molecule has 2 aromatic carbocycles. The number of hydrogen-bond acceptors (Lipinski definition) is 8. The highest BCUT2D eigenvalue weighted by molar-refractivity contribution is 6.05. The number of imide groups is 1. The molecule has 38 heavy (non-hydrogen) atoms. The van der Waals surface area contributed by atoms with Crippen LogP contribution < -0.4 is 10.6 Å². The second-order valence-corrected chi connectivity index (χ2v) is 9.51. The van der Waals surface area contributed by atoms with Crippen molar-refractivity contribution in [2.45, 2.75) is 45.0 Å². The van der Waals surface area contributed by atoms with E-state index in [4.69, 9.17) is 14.3 Å². The van der Waals surface area contributed by atoms with Crippen molar-refractivity contribution in [3.63, 3.8) is 0 Å². The number of alkyl carbamates (subject to hydrolysis) is 2. The Bertz CT molecular complexity index is 1300. The molecule has 1 aromatic heterocycles. The number of oxime groups is 1. The number of carbonyl (C=O) groups is 3. The highest BCUT2D eigenvalue weighted by Gasteiger charge is 2.29. The molecule has 1 aliphatic heterocycles. The Hall–Kier alpha value is -4.73. The van der Waals surface area contributed by atoms with Gasteiger partial charge in [0.25, 0.3) is 5.91 Å². The molecule has 1 aliphatic rings. The number of benzene rings is 2. The van der Waals surface area contributed by atoms with Crippen LogP contribution in [0.3, 0.4) is 0 Å². The first-order valence-corrected chi connectivity index (χ1v) is 12.0. The number of hydrogen-bond donors (Lipinski definition) is 2. The van der Waals surface area contributed by atoms with Crippen molar-refractivity contribution in [3.8, 4) is 0 Å². The van der Waals surface area contributed by atoms with E-state index in [1.165, 1.54) is 0 Å². The van der Waals surface area contributed by atoms with E-state index in [1.807, 2.05) is 24.3 Å². The maximum absolute atomic E-state index is 12.7. The molecule has 4 rings (SSSR count). The van der Waals surface area contributed by atoms with E-state index in [0.717, 1.165) is 5.56 Å². The fourth-order valence-corrected chi connectivity index (χ4v) is 3.67. The maximum Gasteiger partial charge on any atom is 0.417 e. The quantitative estimate of drug-likeness (QED) is 0.474. The van der Waals surface area contributed by atoms with Crippen molar-refractivity contribution in [3.05, 3.63) is 95.8 Å². The molecule has 2 atom stereocenters. The van der Waals surface area contributed by atoms with Crippen molar-refractivity contribution in [1.82, 2.24) is 10.3 Å². The van der Waals surface area contributed by atoms with E-state index >= 15 is 0 Å². The molecule has 10 heteroatoms. The SMILES string of the molecule is CC(C)(C)OC(=O)NC(=O)OC(c1ccccc1)c1ccc(NC(=O)[C@@H]2CC(c3cccnc3)=NO2)cc1. The predicted molar refractivity (Wildman–Crippen MR) is 139 cm³/mol. The van der Waals surface area contributed by atoms with Gasteiger partial charge in [-0.05, 0) is 56.2 Å². The minimum absolute atomic E-state index is 0.326. The lowest BCUT2D eigenvalue weighted by atomic mass is 10.0. The van der Waals surface area contributed by atoms with E-state index < -0.39 is 30.0 Å². The number of nitrogens with zero attached hydrogens (tertiary/aromatic N) is 2. The highest BCUT2D eigenvalue weighted by atomic mass is 16.6. The molecule has 0 saturated carbocycles. The van der Waals surface area contributed by atoms with E-state index in [2.05, 4.69) is 20.8 Å². The summed E-state index contributed by atoms with van der Waals surface area (Å²) in [5.74, 6) is -0.340. The zero-order chi connectivity index (χ0) is 27.1. The molecule has 0 spiro atoms. The number of anilines is 1. The molecule has 0 aliphatic carbocycles.